The van der Waals surface area contributed by atoms with Gasteiger partial charge in [0.25, 0.3) is 8.32 Å². The molecule has 0 saturated carbocycles. The van der Waals surface area contributed by atoms with Gasteiger partial charge in [0, 0.05) is 6.61 Å². The molecule has 1 N–H and O–H groups in total. The molecule has 0 fully saturated rings. The van der Waals surface area contributed by atoms with E-state index in [2.05, 4.69) is 69.3 Å². The van der Waals surface area contributed by atoms with Crippen molar-refractivity contribution < 1.29 is 14.3 Å². The van der Waals surface area contributed by atoms with Crippen molar-refractivity contribution in [1.29, 1.82) is 0 Å². The van der Waals surface area contributed by atoms with Gasteiger partial charge < -0.3 is 9.53 Å². The zero-order valence-electron chi connectivity index (χ0n) is 15.5. The Hall–Kier alpha value is -1.91. The summed E-state index contributed by atoms with van der Waals surface area (Å²) < 4.78 is 6.66. The third kappa shape index (κ3) is 4.20. The first kappa shape index (κ1) is 19.4. The fourth-order valence-corrected chi connectivity index (χ4v) is 7.85. The predicted octanol–water partition coefficient (Wildman–Crippen LogP) is 3.67. The van der Waals surface area contributed by atoms with Gasteiger partial charge in [0.1, 0.15) is 0 Å². The van der Waals surface area contributed by atoms with Crippen LogP contribution in [0.2, 0.25) is 5.04 Å². The topological polar surface area (TPSA) is 46.5 Å². The second kappa shape index (κ2) is 7.98. The van der Waals surface area contributed by atoms with Crippen molar-refractivity contribution in [3.05, 3.63) is 60.7 Å². The van der Waals surface area contributed by atoms with Crippen LogP contribution in [0.15, 0.2) is 60.7 Å². The maximum absolute atomic E-state index is 11.1. The molecule has 0 saturated heterocycles. The molecular formula is C21H28O3Si. The second-order valence-corrected chi connectivity index (χ2v) is 11.8. The van der Waals surface area contributed by atoms with Crippen LogP contribution in [-0.4, -0.2) is 26.0 Å². The van der Waals surface area contributed by atoms with Crippen molar-refractivity contribution in [2.75, 3.05) is 6.61 Å². The molecule has 0 aliphatic rings. The minimum absolute atomic E-state index is 0.0812. The number of hydrogen-bond donors (Lipinski definition) is 1. The highest BCUT2D eigenvalue weighted by atomic mass is 28.4. The molecule has 0 aliphatic heterocycles. The normalized spacial score (nSPS) is 13.4. The van der Waals surface area contributed by atoms with Gasteiger partial charge in [-0.3, -0.25) is 4.79 Å². The van der Waals surface area contributed by atoms with E-state index in [0.717, 1.165) is 0 Å². The van der Waals surface area contributed by atoms with Gasteiger partial charge in [-0.15, -0.1) is 0 Å². The van der Waals surface area contributed by atoms with Crippen LogP contribution in [0.1, 0.15) is 34.1 Å². The molecule has 0 aromatic heterocycles. The molecule has 2 aromatic rings. The standard InChI is InChI=1S/C21H28O3Si/c1-17(20(22)23)15-16-24-25(21(2,3)4,18-11-7-5-8-12-18)19-13-9-6-10-14-19/h5-14,17H,15-16H2,1-4H3,(H,22,23). The van der Waals surface area contributed by atoms with Crippen LogP contribution >= 0.6 is 0 Å². The quantitative estimate of drug-likeness (QED) is 0.770. The average Bonchev–Trinajstić information content (AvgIpc) is 2.59. The molecule has 0 radical (unpaired) electrons. The fraction of sp³-hybridized carbons (Fsp3) is 0.381. The van der Waals surface area contributed by atoms with E-state index in [4.69, 9.17) is 9.53 Å². The van der Waals surface area contributed by atoms with Crippen LogP contribution in [0.3, 0.4) is 0 Å². The van der Waals surface area contributed by atoms with E-state index in [9.17, 15) is 4.79 Å². The first-order valence-corrected chi connectivity index (χ1v) is 10.7. The molecule has 25 heavy (non-hydrogen) atoms. The third-order valence-electron chi connectivity index (χ3n) is 4.71. The van der Waals surface area contributed by atoms with Crippen LogP contribution in [-0.2, 0) is 9.22 Å². The highest BCUT2D eigenvalue weighted by Gasteiger charge is 2.50. The number of carboxylic acid groups (broad SMARTS) is 1. The summed E-state index contributed by atoms with van der Waals surface area (Å²) in [5, 5.41) is 11.5. The largest absolute Gasteiger partial charge is 0.481 e. The van der Waals surface area contributed by atoms with Crippen molar-refractivity contribution in [1.82, 2.24) is 0 Å². The molecule has 0 aliphatic carbocycles. The molecule has 0 heterocycles. The molecule has 0 amide bonds. The van der Waals surface area contributed by atoms with Crippen molar-refractivity contribution in [2.24, 2.45) is 5.92 Å². The number of hydrogen-bond acceptors (Lipinski definition) is 2. The number of carbonyl (C=O) groups is 1. The van der Waals surface area contributed by atoms with E-state index < -0.39 is 20.2 Å². The summed E-state index contributed by atoms with van der Waals surface area (Å²) in [7, 11) is -2.54. The summed E-state index contributed by atoms with van der Waals surface area (Å²) in [6.07, 6.45) is 0.514. The fourth-order valence-electron chi connectivity index (χ4n) is 3.27. The lowest BCUT2D eigenvalue weighted by molar-refractivity contribution is -0.141. The summed E-state index contributed by atoms with van der Waals surface area (Å²) >= 11 is 0. The van der Waals surface area contributed by atoms with Gasteiger partial charge in [-0.25, -0.2) is 0 Å². The van der Waals surface area contributed by atoms with Gasteiger partial charge in [-0.05, 0) is 21.8 Å². The molecular weight excluding hydrogens is 328 g/mol. The maximum Gasteiger partial charge on any atom is 0.306 e. The lowest BCUT2D eigenvalue weighted by Gasteiger charge is -2.43. The van der Waals surface area contributed by atoms with Crippen LogP contribution < -0.4 is 10.4 Å². The highest BCUT2D eigenvalue weighted by molar-refractivity contribution is 6.99. The summed E-state index contributed by atoms with van der Waals surface area (Å²) in [5.74, 6) is -1.18. The Bertz CT molecular complexity index is 638. The smallest absolute Gasteiger partial charge is 0.306 e. The number of carboxylic acids is 1. The number of benzene rings is 2. The number of aliphatic carboxylic acids is 1. The maximum atomic E-state index is 11.1. The molecule has 1 atom stereocenters. The monoisotopic (exact) mass is 356 g/mol. The Labute approximate surface area is 151 Å². The van der Waals surface area contributed by atoms with Crippen LogP contribution in [0, 0.1) is 5.92 Å². The summed E-state index contributed by atoms with van der Waals surface area (Å²) in [6, 6.07) is 20.8. The zero-order valence-corrected chi connectivity index (χ0v) is 16.5. The van der Waals surface area contributed by atoms with Crippen LogP contribution in [0.4, 0.5) is 0 Å². The SMILES string of the molecule is CC(CCO[Si](c1ccccc1)(c1ccccc1)C(C)(C)C)C(=O)O. The molecule has 0 spiro atoms. The van der Waals surface area contributed by atoms with Gasteiger partial charge >= 0.3 is 5.97 Å². The summed E-state index contributed by atoms with van der Waals surface area (Å²) in [4.78, 5) is 11.1. The van der Waals surface area contributed by atoms with E-state index in [1.54, 1.807) is 6.92 Å². The van der Waals surface area contributed by atoms with Crippen molar-refractivity contribution >= 4 is 24.7 Å². The molecule has 0 bridgehead atoms. The molecule has 134 valence electrons. The van der Waals surface area contributed by atoms with Crippen molar-refractivity contribution in [3.8, 4) is 0 Å². The van der Waals surface area contributed by atoms with Gasteiger partial charge in [0.2, 0.25) is 0 Å². The van der Waals surface area contributed by atoms with Gasteiger partial charge in [-0.2, -0.15) is 0 Å². The molecule has 2 rings (SSSR count). The summed E-state index contributed by atoms with van der Waals surface area (Å²) in [6.45, 7) is 8.84. The number of rotatable bonds is 7. The molecule has 1 unspecified atom stereocenters. The molecule has 3 nitrogen and oxygen atoms in total. The predicted molar refractivity (Wildman–Crippen MR) is 105 cm³/mol. The van der Waals surface area contributed by atoms with Gasteiger partial charge in [0.15, 0.2) is 0 Å². The zero-order chi connectivity index (χ0) is 18.5. The highest BCUT2D eigenvalue weighted by Crippen LogP contribution is 2.36. The minimum atomic E-state index is -2.54. The van der Waals surface area contributed by atoms with Crippen LogP contribution in [0.5, 0.6) is 0 Å². The van der Waals surface area contributed by atoms with E-state index in [-0.39, 0.29) is 5.04 Å². The minimum Gasteiger partial charge on any atom is -0.481 e. The Morgan fingerprint density at radius 2 is 1.44 bits per heavy atom. The van der Waals surface area contributed by atoms with E-state index in [1.165, 1.54) is 10.4 Å². The third-order valence-corrected chi connectivity index (χ3v) is 9.75. The first-order valence-electron chi connectivity index (χ1n) is 8.77. The Balaban J connectivity index is 2.47. The Morgan fingerprint density at radius 1 is 1.00 bits per heavy atom. The summed E-state index contributed by atoms with van der Waals surface area (Å²) in [5.41, 5.74) is 0. The Kier molecular flexibility index (Phi) is 6.19. The lowest BCUT2D eigenvalue weighted by Crippen LogP contribution is -2.66. The first-order chi connectivity index (χ1) is 11.8. The van der Waals surface area contributed by atoms with Crippen molar-refractivity contribution in [2.45, 2.75) is 39.2 Å². The van der Waals surface area contributed by atoms with E-state index in [0.29, 0.717) is 13.0 Å². The van der Waals surface area contributed by atoms with E-state index >= 15 is 0 Å². The van der Waals surface area contributed by atoms with Crippen LogP contribution in [0.25, 0.3) is 0 Å². The van der Waals surface area contributed by atoms with Crippen molar-refractivity contribution in [3.63, 3.8) is 0 Å². The molecule has 2 aromatic carbocycles. The Morgan fingerprint density at radius 3 is 1.80 bits per heavy atom. The molecule has 4 heteroatoms. The average molecular weight is 357 g/mol. The lowest BCUT2D eigenvalue weighted by atomic mass is 10.1. The van der Waals surface area contributed by atoms with Gasteiger partial charge in [-0.1, -0.05) is 88.4 Å². The van der Waals surface area contributed by atoms with Gasteiger partial charge in [0.05, 0.1) is 5.92 Å². The van der Waals surface area contributed by atoms with E-state index in [1.807, 2.05) is 12.1 Å². The second-order valence-electron chi connectivity index (χ2n) is 7.54.